The molecule has 0 aromatic heterocycles. The molecule has 0 atom stereocenters. The first-order valence-electron chi connectivity index (χ1n) is 7.74. The molecule has 0 aliphatic heterocycles. The van der Waals surface area contributed by atoms with Crippen molar-refractivity contribution in [2.75, 3.05) is 0 Å². The normalized spacial score (nSPS) is 10.1. The first kappa shape index (κ1) is 18.7. The van der Waals surface area contributed by atoms with Crippen LogP contribution in [0.2, 0.25) is 0 Å². The summed E-state index contributed by atoms with van der Waals surface area (Å²) < 4.78 is 0. The summed E-state index contributed by atoms with van der Waals surface area (Å²) in [7, 11) is 0. The van der Waals surface area contributed by atoms with E-state index in [1.165, 1.54) is 44.9 Å². The van der Waals surface area contributed by atoms with Gasteiger partial charge in [-0.05, 0) is 6.42 Å². The average molecular weight is 284 g/mol. The average Bonchev–Trinajstić information content (AvgIpc) is 2.46. The van der Waals surface area contributed by atoms with E-state index in [-0.39, 0.29) is 0 Å². The second-order valence-corrected chi connectivity index (χ2v) is 4.99. The zero-order chi connectivity index (χ0) is 15.1. The van der Waals surface area contributed by atoms with Crippen molar-refractivity contribution in [2.45, 2.75) is 77.6 Å². The quantitative estimate of drug-likeness (QED) is 0.229. The molecule has 0 aromatic carbocycles. The molecule has 0 aliphatic rings. The molecule has 0 heterocycles. The van der Waals surface area contributed by atoms with Gasteiger partial charge in [-0.2, -0.15) is 0 Å². The number of carbonyl (C=O) groups is 2. The van der Waals surface area contributed by atoms with Crippen LogP contribution >= 0.6 is 0 Å². The van der Waals surface area contributed by atoms with E-state index < -0.39 is 11.9 Å². The number of unbranched alkanes of at least 4 members (excludes halogenated alkanes) is 9. The molecule has 0 aliphatic carbocycles. The lowest BCUT2D eigenvalue weighted by molar-refractivity contribution is -0.254. The smallest absolute Gasteiger partial charge is 0.247 e. The molecule has 4 heteroatoms. The van der Waals surface area contributed by atoms with Gasteiger partial charge in [0, 0.05) is 6.08 Å². The highest BCUT2D eigenvalue weighted by atomic mass is 17.2. The molecular weight excluding hydrogens is 256 g/mol. The van der Waals surface area contributed by atoms with Crippen LogP contribution in [0, 0.1) is 0 Å². The van der Waals surface area contributed by atoms with Crippen LogP contribution in [0.5, 0.6) is 0 Å². The van der Waals surface area contributed by atoms with Crippen LogP contribution in [0.25, 0.3) is 0 Å². The van der Waals surface area contributed by atoms with E-state index in [1.54, 1.807) is 0 Å². The van der Waals surface area contributed by atoms with Crippen molar-refractivity contribution in [3.8, 4) is 0 Å². The number of hydrogen-bond acceptors (Lipinski definition) is 4. The van der Waals surface area contributed by atoms with E-state index in [4.69, 9.17) is 0 Å². The lowest BCUT2D eigenvalue weighted by atomic mass is 10.1. The predicted molar refractivity (Wildman–Crippen MR) is 78.8 cm³/mol. The summed E-state index contributed by atoms with van der Waals surface area (Å²) >= 11 is 0. The van der Waals surface area contributed by atoms with Gasteiger partial charge in [0.25, 0.3) is 0 Å². The van der Waals surface area contributed by atoms with Crippen molar-refractivity contribution in [1.29, 1.82) is 0 Å². The Balaban J connectivity index is 3.21. The van der Waals surface area contributed by atoms with Gasteiger partial charge in [-0.25, -0.2) is 19.4 Å². The summed E-state index contributed by atoms with van der Waals surface area (Å²) in [5.74, 6) is -1.25. The maximum atomic E-state index is 11.2. The van der Waals surface area contributed by atoms with Gasteiger partial charge < -0.3 is 0 Å². The Morgan fingerprint density at radius 2 is 1.35 bits per heavy atom. The third-order valence-electron chi connectivity index (χ3n) is 3.12. The third kappa shape index (κ3) is 13.1. The van der Waals surface area contributed by atoms with Crippen molar-refractivity contribution in [1.82, 2.24) is 0 Å². The molecule has 0 fully saturated rings. The highest BCUT2D eigenvalue weighted by Crippen LogP contribution is 2.11. The fourth-order valence-electron chi connectivity index (χ4n) is 1.92. The number of hydrogen-bond donors (Lipinski definition) is 0. The van der Waals surface area contributed by atoms with E-state index >= 15 is 0 Å². The Bertz CT molecular complexity index is 274. The molecule has 0 bridgehead atoms. The van der Waals surface area contributed by atoms with Crippen molar-refractivity contribution in [3.63, 3.8) is 0 Å². The summed E-state index contributed by atoms with van der Waals surface area (Å²) in [6, 6.07) is 0. The van der Waals surface area contributed by atoms with Gasteiger partial charge in [0.15, 0.2) is 0 Å². The maximum absolute atomic E-state index is 11.2. The molecule has 0 spiro atoms. The summed E-state index contributed by atoms with van der Waals surface area (Å²) in [6.07, 6.45) is 13.3. The van der Waals surface area contributed by atoms with Crippen LogP contribution in [0.1, 0.15) is 77.6 Å². The van der Waals surface area contributed by atoms with E-state index in [2.05, 4.69) is 23.3 Å². The Morgan fingerprint density at radius 1 is 0.850 bits per heavy atom. The molecule has 0 saturated carbocycles. The molecular formula is C16H28O4. The molecule has 0 radical (unpaired) electrons. The Kier molecular flexibility index (Phi) is 13.2. The summed E-state index contributed by atoms with van der Waals surface area (Å²) in [4.78, 5) is 30.3. The fraction of sp³-hybridized carbons (Fsp3) is 0.750. The highest BCUT2D eigenvalue weighted by molar-refractivity contribution is 5.81. The van der Waals surface area contributed by atoms with Crippen LogP contribution in [0.4, 0.5) is 0 Å². The second kappa shape index (κ2) is 14.1. The van der Waals surface area contributed by atoms with E-state index in [1.807, 2.05) is 0 Å². The molecule has 20 heavy (non-hydrogen) atoms. The Hall–Kier alpha value is -1.32. The summed E-state index contributed by atoms with van der Waals surface area (Å²) in [5, 5.41) is 0. The van der Waals surface area contributed by atoms with Crippen molar-refractivity contribution >= 4 is 11.9 Å². The number of rotatable bonds is 12. The molecule has 0 aromatic rings. The first-order chi connectivity index (χ1) is 9.70. The van der Waals surface area contributed by atoms with Crippen LogP contribution < -0.4 is 0 Å². The third-order valence-corrected chi connectivity index (χ3v) is 3.12. The zero-order valence-corrected chi connectivity index (χ0v) is 12.7. The van der Waals surface area contributed by atoms with Crippen LogP contribution in [-0.4, -0.2) is 11.9 Å². The zero-order valence-electron chi connectivity index (χ0n) is 12.7. The van der Waals surface area contributed by atoms with Gasteiger partial charge in [-0.15, -0.1) is 0 Å². The van der Waals surface area contributed by atoms with Crippen LogP contribution in [0.3, 0.4) is 0 Å². The minimum Gasteiger partial charge on any atom is -0.247 e. The molecule has 0 unspecified atom stereocenters. The molecule has 0 amide bonds. The van der Waals surface area contributed by atoms with Crippen molar-refractivity contribution in [3.05, 3.63) is 12.7 Å². The highest BCUT2D eigenvalue weighted by Gasteiger charge is 2.06. The molecule has 0 saturated heterocycles. The molecule has 0 N–H and O–H groups in total. The molecule has 4 nitrogen and oxygen atoms in total. The minimum atomic E-state index is -0.749. The lowest BCUT2D eigenvalue weighted by Crippen LogP contribution is -2.08. The Labute approximate surface area is 122 Å². The van der Waals surface area contributed by atoms with Crippen molar-refractivity contribution < 1.29 is 19.4 Å². The van der Waals surface area contributed by atoms with Crippen LogP contribution in [0.15, 0.2) is 12.7 Å². The minimum absolute atomic E-state index is 0.293. The summed E-state index contributed by atoms with van der Waals surface area (Å²) in [6.45, 7) is 5.43. The second-order valence-electron chi connectivity index (χ2n) is 4.99. The van der Waals surface area contributed by atoms with Gasteiger partial charge in [0.2, 0.25) is 0 Å². The van der Waals surface area contributed by atoms with Gasteiger partial charge in [0.05, 0.1) is 6.42 Å². The van der Waals surface area contributed by atoms with Crippen molar-refractivity contribution in [2.24, 2.45) is 0 Å². The van der Waals surface area contributed by atoms with E-state index in [9.17, 15) is 9.59 Å². The SMILES string of the molecule is C=CC(=O)OOC(=O)CCCCCCCCCCCC. The van der Waals surface area contributed by atoms with E-state index in [0.717, 1.165) is 25.3 Å². The molecule has 116 valence electrons. The first-order valence-corrected chi connectivity index (χ1v) is 7.74. The van der Waals surface area contributed by atoms with E-state index in [0.29, 0.717) is 6.42 Å². The van der Waals surface area contributed by atoms with Gasteiger partial charge in [0.1, 0.15) is 0 Å². The monoisotopic (exact) mass is 284 g/mol. The van der Waals surface area contributed by atoms with Crippen LogP contribution in [-0.2, 0) is 19.4 Å². The van der Waals surface area contributed by atoms with Gasteiger partial charge in [-0.1, -0.05) is 71.3 Å². The summed E-state index contributed by atoms with van der Waals surface area (Å²) in [5.41, 5.74) is 0. The predicted octanol–water partition coefficient (Wildman–Crippen LogP) is 4.48. The Morgan fingerprint density at radius 3 is 1.85 bits per heavy atom. The fourth-order valence-corrected chi connectivity index (χ4v) is 1.92. The maximum Gasteiger partial charge on any atom is 0.378 e. The number of carbonyl (C=O) groups excluding carboxylic acids is 2. The topological polar surface area (TPSA) is 52.6 Å². The largest absolute Gasteiger partial charge is 0.378 e. The van der Waals surface area contributed by atoms with Gasteiger partial charge in [-0.3, -0.25) is 0 Å². The lowest BCUT2D eigenvalue weighted by Gasteiger charge is -2.02. The van der Waals surface area contributed by atoms with Gasteiger partial charge >= 0.3 is 11.9 Å². The molecule has 0 rings (SSSR count). The standard InChI is InChI=1S/C16H28O4/c1-3-5-6-7-8-9-10-11-12-13-14-16(18)20-19-15(17)4-2/h4H,2-3,5-14H2,1H3.